The van der Waals surface area contributed by atoms with E-state index in [1.165, 1.54) is 11.3 Å². The number of carbonyl (C=O) groups is 2. The van der Waals surface area contributed by atoms with Crippen molar-refractivity contribution in [1.82, 2.24) is 10.9 Å². The SMILES string of the molecule is CCOc1ccc(C(=O)NNC(=O)c2sc3cc(OC)ccc3c2Cl)cc1. The van der Waals surface area contributed by atoms with E-state index < -0.39 is 11.8 Å². The van der Waals surface area contributed by atoms with Crippen LogP contribution in [0.3, 0.4) is 0 Å². The van der Waals surface area contributed by atoms with Crippen LogP contribution in [0.25, 0.3) is 10.1 Å². The highest BCUT2D eigenvalue weighted by atomic mass is 35.5. The van der Waals surface area contributed by atoms with Gasteiger partial charge in [0, 0.05) is 15.6 Å². The third kappa shape index (κ3) is 4.15. The lowest BCUT2D eigenvalue weighted by molar-refractivity contribution is 0.0849. The Hall–Kier alpha value is -2.77. The fourth-order valence-corrected chi connectivity index (χ4v) is 3.87. The van der Waals surface area contributed by atoms with Crippen LogP contribution in [0.1, 0.15) is 27.0 Å². The number of carbonyl (C=O) groups excluding carboxylic acids is 2. The number of fused-ring (bicyclic) bond motifs is 1. The van der Waals surface area contributed by atoms with Crippen molar-refractivity contribution >= 4 is 44.8 Å². The highest BCUT2D eigenvalue weighted by molar-refractivity contribution is 7.21. The number of amides is 2. The lowest BCUT2D eigenvalue weighted by Gasteiger charge is -2.07. The van der Waals surface area contributed by atoms with Gasteiger partial charge in [0.15, 0.2) is 0 Å². The summed E-state index contributed by atoms with van der Waals surface area (Å²) in [6, 6.07) is 12.0. The first-order chi connectivity index (χ1) is 13.0. The predicted molar refractivity (Wildman–Crippen MR) is 106 cm³/mol. The molecule has 0 radical (unpaired) electrons. The second kappa shape index (κ2) is 8.28. The second-order valence-corrected chi connectivity index (χ2v) is 6.90. The zero-order valence-electron chi connectivity index (χ0n) is 14.7. The molecule has 2 amide bonds. The molecule has 1 heterocycles. The summed E-state index contributed by atoms with van der Waals surface area (Å²) in [6.45, 7) is 2.43. The van der Waals surface area contributed by atoms with Gasteiger partial charge in [-0.3, -0.25) is 20.4 Å². The average molecular weight is 405 g/mol. The smallest absolute Gasteiger partial charge is 0.281 e. The minimum absolute atomic E-state index is 0.312. The fraction of sp³-hybridized carbons (Fsp3) is 0.158. The van der Waals surface area contributed by atoms with E-state index in [4.69, 9.17) is 21.1 Å². The van der Waals surface area contributed by atoms with Gasteiger partial charge in [0.05, 0.1) is 18.7 Å². The van der Waals surface area contributed by atoms with Crippen LogP contribution in [0.4, 0.5) is 0 Å². The standard InChI is InChI=1S/C19H17ClN2O4S/c1-3-26-12-6-4-11(5-7-12)18(23)21-22-19(24)17-16(20)14-9-8-13(25-2)10-15(14)27-17/h4-10H,3H2,1-2H3,(H,21,23)(H,22,24). The number of hydrogen-bond acceptors (Lipinski definition) is 5. The molecule has 27 heavy (non-hydrogen) atoms. The summed E-state index contributed by atoms with van der Waals surface area (Å²) in [4.78, 5) is 24.9. The second-order valence-electron chi connectivity index (χ2n) is 5.47. The first-order valence-corrected chi connectivity index (χ1v) is 9.32. The lowest BCUT2D eigenvalue weighted by atomic mass is 10.2. The first kappa shape index (κ1) is 19.0. The molecule has 1 aromatic heterocycles. The van der Waals surface area contributed by atoms with Gasteiger partial charge in [0.1, 0.15) is 16.4 Å². The maximum absolute atomic E-state index is 12.4. The minimum atomic E-state index is -0.487. The Morgan fingerprint density at radius 2 is 1.70 bits per heavy atom. The summed E-state index contributed by atoms with van der Waals surface area (Å²) < 4.78 is 11.3. The quantitative estimate of drug-likeness (QED) is 0.629. The van der Waals surface area contributed by atoms with Crippen LogP contribution in [0.15, 0.2) is 42.5 Å². The van der Waals surface area contributed by atoms with Crippen LogP contribution in [0, 0.1) is 0 Å². The zero-order chi connectivity index (χ0) is 19.4. The predicted octanol–water partition coefficient (Wildman–Crippen LogP) is 4.04. The van der Waals surface area contributed by atoms with Crippen LogP contribution >= 0.6 is 22.9 Å². The summed E-state index contributed by atoms with van der Waals surface area (Å²) in [7, 11) is 1.57. The molecule has 3 aromatic rings. The molecule has 8 heteroatoms. The number of nitrogens with one attached hydrogen (secondary N) is 2. The molecule has 0 atom stereocenters. The lowest BCUT2D eigenvalue weighted by Crippen LogP contribution is -2.41. The molecular weight excluding hydrogens is 388 g/mol. The Morgan fingerprint density at radius 3 is 2.37 bits per heavy atom. The highest BCUT2D eigenvalue weighted by Gasteiger charge is 2.18. The van der Waals surface area contributed by atoms with Gasteiger partial charge in [-0.2, -0.15) is 0 Å². The van der Waals surface area contributed by atoms with Crippen LogP contribution in [-0.2, 0) is 0 Å². The van der Waals surface area contributed by atoms with Crippen molar-refractivity contribution in [3.8, 4) is 11.5 Å². The molecule has 0 aliphatic rings. The molecule has 0 aliphatic carbocycles. The Morgan fingerprint density at radius 1 is 1.04 bits per heavy atom. The van der Waals surface area contributed by atoms with Gasteiger partial charge in [0.2, 0.25) is 0 Å². The molecule has 0 aliphatic heterocycles. The number of hydrazine groups is 1. The van der Waals surface area contributed by atoms with E-state index in [0.717, 1.165) is 10.1 Å². The van der Waals surface area contributed by atoms with Crippen LogP contribution in [0.2, 0.25) is 5.02 Å². The van der Waals surface area contributed by atoms with Gasteiger partial charge in [-0.25, -0.2) is 0 Å². The van der Waals surface area contributed by atoms with Gasteiger partial charge in [0.25, 0.3) is 11.8 Å². The summed E-state index contributed by atoms with van der Waals surface area (Å²) in [6.07, 6.45) is 0. The summed E-state index contributed by atoms with van der Waals surface area (Å²) in [5.41, 5.74) is 5.17. The number of methoxy groups -OCH3 is 1. The van der Waals surface area contributed by atoms with E-state index in [2.05, 4.69) is 10.9 Å². The van der Waals surface area contributed by atoms with Crippen LogP contribution in [0.5, 0.6) is 11.5 Å². The zero-order valence-corrected chi connectivity index (χ0v) is 16.2. The van der Waals surface area contributed by atoms with Crippen LogP contribution in [-0.4, -0.2) is 25.5 Å². The number of benzene rings is 2. The molecule has 0 bridgehead atoms. The number of rotatable bonds is 5. The van der Waals surface area contributed by atoms with Gasteiger partial charge in [-0.05, 0) is 49.4 Å². The first-order valence-electron chi connectivity index (χ1n) is 8.13. The molecule has 6 nitrogen and oxygen atoms in total. The Balaban J connectivity index is 1.69. The summed E-state index contributed by atoms with van der Waals surface area (Å²) in [5, 5.41) is 1.09. The molecular formula is C19H17ClN2O4S. The van der Waals surface area contributed by atoms with Crippen molar-refractivity contribution in [2.24, 2.45) is 0 Å². The molecule has 0 fully saturated rings. The van der Waals surface area contributed by atoms with E-state index in [1.54, 1.807) is 49.6 Å². The van der Waals surface area contributed by atoms with Gasteiger partial charge in [-0.15, -0.1) is 11.3 Å². The third-order valence-corrected chi connectivity index (χ3v) is 5.42. The molecule has 2 N–H and O–H groups in total. The molecule has 0 spiro atoms. The van der Waals surface area contributed by atoms with E-state index in [0.29, 0.717) is 33.6 Å². The largest absolute Gasteiger partial charge is 0.497 e. The van der Waals surface area contributed by atoms with E-state index >= 15 is 0 Å². The highest BCUT2D eigenvalue weighted by Crippen LogP contribution is 2.37. The molecule has 0 saturated carbocycles. The number of hydrogen-bond donors (Lipinski definition) is 2. The van der Waals surface area contributed by atoms with Crippen LogP contribution < -0.4 is 20.3 Å². The topological polar surface area (TPSA) is 76.7 Å². The van der Waals surface area contributed by atoms with Crippen molar-refractivity contribution in [1.29, 1.82) is 0 Å². The van der Waals surface area contributed by atoms with Crippen molar-refractivity contribution in [3.63, 3.8) is 0 Å². The van der Waals surface area contributed by atoms with Gasteiger partial charge < -0.3 is 9.47 Å². The molecule has 140 valence electrons. The summed E-state index contributed by atoms with van der Waals surface area (Å²) in [5.74, 6) is 0.423. The monoisotopic (exact) mass is 404 g/mol. The Labute approximate surface area is 165 Å². The molecule has 0 saturated heterocycles. The van der Waals surface area contributed by atoms with E-state index in [-0.39, 0.29) is 0 Å². The Bertz CT molecular complexity index is 985. The number of thiophene rings is 1. The van der Waals surface area contributed by atoms with Crippen molar-refractivity contribution in [3.05, 3.63) is 57.9 Å². The maximum Gasteiger partial charge on any atom is 0.281 e. The third-order valence-electron chi connectivity index (χ3n) is 3.76. The maximum atomic E-state index is 12.4. The normalized spacial score (nSPS) is 10.5. The van der Waals surface area contributed by atoms with Crippen molar-refractivity contribution in [2.75, 3.05) is 13.7 Å². The van der Waals surface area contributed by atoms with E-state index in [1.807, 2.05) is 6.92 Å². The minimum Gasteiger partial charge on any atom is -0.497 e. The molecule has 0 unspecified atom stereocenters. The Kier molecular flexibility index (Phi) is 5.83. The van der Waals surface area contributed by atoms with E-state index in [9.17, 15) is 9.59 Å². The number of ether oxygens (including phenoxy) is 2. The van der Waals surface area contributed by atoms with Gasteiger partial charge in [-0.1, -0.05) is 11.6 Å². The average Bonchev–Trinajstić information content (AvgIpc) is 3.02. The fourth-order valence-electron chi connectivity index (χ4n) is 2.43. The molecule has 2 aromatic carbocycles. The summed E-state index contributed by atoms with van der Waals surface area (Å²) >= 11 is 7.53. The number of halogens is 1. The molecule has 3 rings (SSSR count). The van der Waals surface area contributed by atoms with Gasteiger partial charge >= 0.3 is 0 Å². The van der Waals surface area contributed by atoms with Crippen molar-refractivity contribution < 1.29 is 19.1 Å². The van der Waals surface area contributed by atoms with Crippen molar-refractivity contribution in [2.45, 2.75) is 6.92 Å².